The fourth-order valence-corrected chi connectivity index (χ4v) is 3.70. The van der Waals surface area contributed by atoms with Crippen LogP contribution in [-0.4, -0.2) is 6.54 Å². The van der Waals surface area contributed by atoms with Gasteiger partial charge in [-0.25, -0.2) is 4.39 Å². The molecule has 0 aliphatic rings. The molecule has 1 N–H and O–H groups in total. The summed E-state index contributed by atoms with van der Waals surface area (Å²) in [4.78, 5) is 1.38. The van der Waals surface area contributed by atoms with Crippen LogP contribution < -0.4 is 5.32 Å². The van der Waals surface area contributed by atoms with Crippen LogP contribution >= 0.6 is 22.9 Å². The van der Waals surface area contributed by atoms with Gasteiger partial charge < -0.3 is 5.32 Å². The van der Waals surface area contributed by atoms with Crippen LogP contribution in [0, 0.1) is 5.82 Å². The summed E-state index contributed by atoms with van der Waals surface area (Å²) in [5, 5.41) is 5.95. The Morgan fingerprint density at radius 3 is 2.76 bits per heavy atom. The maximum absolute atomic E-state index is 13.3. The third-order valence-electron chi connectivity index (χ3n) is 3.54. The van der Waals surface area contributed by atoms with Crippen LogP contribution in [0.5, 0.6) is 0 Å². The van der Waals surface area contributed by atoms with Gasteiger partial charge in [0.2, 0.25) is 0 Å². The molecule has 0 aliphatic heterocycles. The molecule has 0 saturated carbocycles. The lowest BCUT2D eigenvalue weighted by Gasteiger charge is -2.19. The summed E-state index contributed by atoms with van der Waals surface area (Å²) in [5.41, 5.74) is 2.45. The van der Waals surface area contributed by atoms with E-state index < -0.39 is 0 Å². The Hall–Kier alpha value is -0.900. The van der Waals surface area contributed by atoms with Crippen molar-refractivity contribution >= 4 is 22.9 Å². The van der Waals surface area contributed by atoms with Crippen molar-refractivity contribution in [3.05, 3.63) is 56.5 Å². The molecule has 1 heterocycles. The van der Waals surface area contributed by atoms with Gasteiger partial charge in [0.15, 0.2) is 0 Å². The van der Waals surface area contributed by atoms with Crippen molar-refractivity contribution in [3.63, 3.8) is 0 Å². The van der Waals surface area contributed by atoms with Gasteiger partial charge in [0.1, 0.15) is 5.82 Å². The standard InChI is InChI=1S/C17H21ClFNS/c1-3-8-20-16(17-13(4-2)7-9-21-17)11-12-5-6-15(19)14(18)10-12/h5-7,9-10,16,20H,3-4,8,11H2,1-2H3. The average Bonchev–Trinajstić information content (AvgIpc) is 2.95. The fraction of sp³-hybridized carbons (Fsp3) is 0.412. The molecule has 0 bridgehead atoms. The van der Waals surface area contributed by atoms with E-state index in [0.717, 1.165) is 31.4 Å². The van der Waals surface area contributed by atoms with E-state index in [1.54, 1.807) is 17.4 Å². The Morgan fingerprint density at radius 2 is 2.10 bits per heavy atom. The average molecular weight is 326 g/mol. The lowest BCUT2D eigenvalue weighted by Crippen LogP contribution is -2.24. The van der Waals surface area contributed by atoms with Crippen molar-refractivity contribution < 1.29 is 4.39 Å². The van der Waals surface area contributed by atoms with Gasteiger partial charge >= 0.3 is 0 Å². The third kappa shape index (κ3) is 4.29. The van der Waals surface area contributed by atoms with Gasteiger partial charge in [-0.05, 0) is 60.5 Å². The van der Waals surface area contributed by atoms with Gasteiger partial charge in [-0.1, -0.05) is 31.5 Å². The van der Waals surface area contributed by atoms with Crippen molar-refractivity contribution in [2.24, 2.45) is 0 Å². The Morgan fingerprint density at radius 1 is 1.29 bits per heavy atom. The van der Waals surface area contributed by atoms with Crippen LogP contribution in [0.15, 0.2) is 29.6 Å². The van der Waals surface area contributed by atoms with E-state index in [9.17, 15) is 4.39 Å². The summed E-state index contributed by atoms with van der Waals surface area (Å²) in [7, 11) is 0. The topological polar surface area (TPSA) is 12.0 Å². The van der Waals surface area contributed by atoms with E-state index in [4.69, 9.17) is 11.6 Å². The summed E-state index contributed by atoms with van der Waals surface area (Å²) in [6.07, 6.45) is 2.95. The number of hydrogen-bond donors (Lipinski definition) is 1. The molecular formula is C17H21ClFNS. The number of benzene rings is 1. The van der Waals surface area contributed by atoms with E-state index in [2.05, 4.69) is 30.6 Å². The molecule has 1 aromatic carbocycles. The fourth-order valence-electron chi connectivity index (χ4n) is 2.42. The molecule has 0 radical (unpaired) electrons. The summed E-state index contributed by atoms with van der Waals surface area (Å²) in [6.45, 7) is 5.31. The molecule has 1 aromatic heterocycles. The maximum atomic E-state index is 13.3. The number of rotatable bonds is 7. The van der Waals surface area contributed by atoms with E-state index in [1.807, 2.05) is 6.07 Å². The van der Waals surface area contributed by atoms with Gasteiger partial charge in [-0.3, -0.25) is 0 Å². The van der Waals surface area contributed by atoms with Gasteiger partial charge in [0, 0.05) is 10.9 Å². The lowest BCUT2D eigenvalue weighted by atomic mass is 10.0. The highest BCUT2D eigenvalue weighted by Crippen LogP contribution is 2.29. The Kier molecular flexibility index (Phi) is 6.22. The normalized spacial score (nSPS) is 12.6. The van der Waals surface area contributed by atoms with Crippen molar-refractivity contribution in [2.75, 3.05) is 6.54 Å². The first kappa shape index (κ1) is 16.5. The van der Waals surface area contributed by atoms with Gasteiger partial charge in [0.05, 0.1) is 5.02 Å². The minimum absolute atomic E-state index is 0.198. The Bertz CT molecular complexity index is 582. The molecule has 0 amide bonds. The summed E-state index contributed by atoms with van der Waals surface area (Å²) in [6, 6.07) is 7.46. The van der Waals surface area contributed by atoms with Crippen LogP contribution in [-0.2, 0) is 12.8 Å². The smallest absolute Gasteiger partial charge is 0.141 e. The maximum Gasteiger partial charge on any atom is 0.141 e. The van der Waals surface area contributed by atoms with E-state index in [1.165, 1.54) is 16.5 Å². The predicted octanol–water partition coefficient (Wildman–Crippen LogP) is 5.39. The molecular weight excluding hydrogens is 305 g/mol. The minimum atomic E-state index is -0.358. The minimum Gasteiger partial charge on any atom is -0.309 e. The molecule has 2 aromatic rings. The molecule has 0 saturated heterocycles. The van der Waals surface area contributed by atoms with Crippen LogP contribution in [0.25, 0.3) is 0 Å². The van der Waals surface area contributed by atoms with Crippen molar-refractivity contribution in [2.45, 2.75) is 39.2 Å². The highest BCUT2D eigenvalue weighted by molar-refractivity contribution is 7.10. The number of nitrogens with one attached hydrogen (secondary N) is 1. The zero-order chi connectivity index (χ0) is 15.2. The zero-order valence-electron chi connectivity index (χ0n) is 12.5. The number of halogens is 2. The molecule has 4 heteroatoms. The second-order valence-corrected chi connectivity index (χ2v) is 6.48. The highest BCUT2D eigenvalue weighted by atomic mass is 35.5. The molecule has 1 unspecified atom stereocenters. The van der Waals surface area contributed by atoms with E-state index in [0.29, 0.717) is 0 Å². The first-order valence-electron chi connectivity index (χ1n) is 7.39. The first-order valence-corrected chi connectivity index (χ1v) is 8.65. The van der Waals surface area contributed by atoms with E-state index in [-0.39, 0.29) is 16.9 Å². The molecule has 0 fully saturated rings. The second kappa shape index (κ2) is 7.92. The molecule has 1 atom stereocenters. The van der Waals surface area contributed by atoms with Crippen molar-refractivity contribution in [3.8, 4) is 0 Å². The second-order valence-electron chi connectivity index (χ2n) is 5.12. The van der Waals surface area contributed by atoms with Crippen LogP contribution in [0.2, 0.25) is 5.02 Å². The predicted molar refractivity (Wildman–Crippen MR) is 89.8 cm³/mol. The monoisotopic (exact) mass is 325 g/mol. The molecule has 0 aliphatic carbocycles. The Balaban J connectivity index is 2.21. The first-order chi connectivity index (χ1) is 10.2. The van der Waals surface area contributed by atoms with Gasteiger partial charge in [-0.2, -0.15) is 0 Å². The molecule has 114 valence electrons. The zero-order valence-corrected chi connectivity index (χ0v) is 14.0. The third-order valence-corrected chi connectivity index (χ3v) is 4.91. The van der Waals surface area contributed by atoms with Gasteiger partial charge in [0.25, 0.3) is 0 Å². The van der Waals surface area contributed by atoms with Crippen LogP contribution in [0.4, 0.5) is 4.39 Å². The van der Waals surface area contributed by atoms with Crippen LogP contribution in [0.3, 0.4) is 0 Å². The quantitative estimate of drug-likeness (QED) is 0.720. The number of aryl methyl sites for hydroxylation is 1. The van der Waals surface area contributed by atoms with Gasteiger partial charge in [-0.15, -0.1) is 11.3 Å². The molecule has 0 spiro atoms. The SMILES string of the molecule is CCCNC(Cc1ccc(F)c(Cl)c1)c1sccc1CC. The van der Waals surface area contributed by atoms with Crippen molar-refractivity contribution in [1.29, 1.82) is 0 Å². The number of thiophene rings is 1. The summed E-state index contributed by atoms with van der Waals surface area (Å²) in [5.74, 6) is -0.358. The highest BCUT2D eigenvalue weighted by Gasteiger charge is 2.16. The molecule has 2 rings (SSSR count). The van der Waals surface area contributed by atoms with Crippen molar-refractivity contribution in [1.82, 2.24) is 5.32 Å². The largest absolute Gasteiger partial charge is 0.309 e. The summed E-state index contributed by atoms with van der Waals surface area (Å²) < 4.78 is 13.3. The Labute approximate surface area is 135 Å². The lowest BCUT2D eigenvalue weighted by molar-refractivity contribution is 0.533. The van der Waals surface area contributed by atoms with Crippen LogP contribution in [0.1, 0.15) is 42.3 Å². The van der Waals surface area contributed by atoms with E-state index >= 15 is 0 Å². The molecule has 1 nitrogen and oxygen atoms in total. The number of hydrogen-bond acceptors (Lipinski definition) is 2. The summed E-state index contributed by atoms with van der Waals surface area (Å²) >= 11 is 7.68. The molecule has 21 heavy (non-hydrogen) atoms.